The lowest BCUT2D eigenvalue weighted by Gasteiger charge is -2.41. The Balaban J connectivity index is 1.75. The van der Waals surface area contributed by atoms with Gasteiger partial charge < -0.3 is 24.2 Å². The lowest BCUT2D eigenvalue weighted by molar-refractivity contribution is -0.167. The molecule has 8 heteroatoms. The molecule has 116 valence electrons. The number of fused-ring (bicyclic) bond motifs is 1. The average Bonchev–Trinajstić information content (AvgIpc) is 2.88. The van der Waals surface area contributed by atoms with Gasteiger partial charge in [-0.15, -0.1) is 10.2 Å². The van der Waals surface area contributed by atoms with Gasteiger partial charge in [0.1, 0.15) is 6.61 Å². The lowest BCUT2D eigenvalue weighted by atomic mass is 10.0. The quantitative estimate of drug-likeness (QED) is 0.740. The summed E-state index contributed by atoms with van der Waals surface area (Å²) in [6, 6.07) is 0. The SMILES string of the molecule is CN1CCO[C@](C)(C(=O)N2CCn3c(CO)nnc3C2)C1. The Bertz CT molecular complexity index is 546. The molecule has 3 rings (SSSR count). The van der Waals surface area contributed by atoms with Crippen molar-refractivity contribution in [1.29, 1.82) is 0 Å². The fourth-order valence-corrected chi connectivity index (χ4v) is 3.04. The maximum absolute atomic E-state index is 12.8. The van der Waals surface area contributed by atoms with Crippen molar-refractivity contribution >= 4 is 5.91 Å². The van der Waals surface area contributed by atoms with E-state index in [0.717, 1.165) is 6.54 Å². The van der Waals surface area contributed by atoms with E-state index < -0.39 is 5.60 Å². The van der Waals surface area contributed by atoms with Crippen LogP contribution in [0.25, 0.3) is 0 Å². The van der Waals surface area contributed by atoms with Gasteiger partial charge in [-0.05, 0) is 14.0 Å². The number of nitrogens with zero attached hydrogens (tertiary/aromatic N) is 5. The van der Waals surface area contributed by atoms with Crippen LogP contribution in [-0.2, 0) is 29.2 Å². The molecule has 1 atom stereocenters. The number of aromatic nitrogens is 3. The van der Waals surface area contributed by atoms with Crippen LogP contribution in [0.1, 0.15) is 18.6 Å². The normalized spacial score (nSPS) is 26.7. The van der Waals surface area contributed by atoms with Crippen LogP contribution < -0.4 is 0 Å². The molecule has 1 amide bonds. The minimum atomic E-state index is -0.797. The molecular formula is C13H21N5O3. The van der Waals surface area contributed by atoms with Gasteiger partial charge in [0.25, 0.3) is 5.91 Å². The van der Waals surface area contributed by atoms with Crippen LogP contribution in [0, 0.1) is 0 Å². The molecule has 2 aliphatic rings. The highest BCUT2D eigenvalue weighted by Gasteiger charge is 2.42. The predicted octanol–water partition coefficient (Wildman–Crippen LogP) is -1.17. The number of hydrogen-bond donors (Lipinski definition) is 1. The van der Waals surface area contributed by atoms with Crippen molar-refractivity contribution in [3.63, 3.8) is 0 Å². The van der Waals surface area contributed by atoms with Crippen LogP contribution in [0.5, 0.6) is 0 Å². The second-order valence-corrected chi connectivity index (χ2v) is 5.89. The summed E-state index contributed by atoms with van der Waals surface area (Å²) in [6.45, 7) is 5.32. The third kappa shape index (κ3) is 2.54. The predicted molar refractivity (Wildman–Crippen MR) is 73.2 cm³/mol. The zero-order valence-electron chi connectivity index (χ0n) is 12.4. The van der Waals surface area contributed by atoms with Gasteiger partial charge in [-0.3, -0.25) is 4.79 Å². The highest BCUT2D eigenvalue weighted by atomic mass is 16.5. The summed E-state index contributed by atoms with van der Waals surface area (Å²) in [5.41, 5.74) is -0.797. The molecule has 0 saturated carbocycles. The number of aliphatic hydroxyl groups is 1. The van der Waals surface area contributed by atoms with E-state index in [1.807, 2.05) is 18.5 Å². The Kier molecular flexibility index (Phi) is 3.68. The largest absolute Gasteiger partial charge is 0.388 e. The first-order valence-electron chi connectivity index (χ1n) is 7.17. The van der Waals surface area contributed by atoms with Crippen molar-refractivity contribution in [1.82, 2.24) is 24.6 Å². The Morgan fingerprint density at radius 1 is 1.38 bits per heavy atom. The van der Waals surface area contributed by atoms with Crippen molar-refractivity contribution in [2.24, 2.45) is 0 Å². The van der Waals surface area contributed by atoms with Crippen molar-refractivity contribution in [3.05, 3.63) is 11.6 Å². The van der Waals surface area contributed by atoms with E-state index in [2.05, 4.69) is 15.1 Å². The molecule has 8 nitrogen and oxygen atoms in total. The molecule has 1 fully saturated rings. The van der Waals surface area contributed by atoms with Gasteiger partial charge in [-0.25, -0.2) is 0 Å². The monoisotopic (exact) mass is 295 g/mol. The molecule has 0 unspecified atom stereocenters. The van der Waals surface area contributed by atoms with Gasteiger partial charge in [-0.1, -0.05) is 0 Å². The Morgan fingerprint density at radius 3 is 2.90 bits per heavy atom. The molecule has 0 aliphatic carbocycles. The maximum Gasteiger partial charge on any atom is 0.256 e. The molecular weight excluding hydrogens is 274 g/mol. The van der Waals surface area contributed by atoms with Crippen LogP contribution >= 0.6 is 0 Å². The molecule has 0 aromatic carbocycles. The standard InChI is InChI=1S/C13H21N5O3/c1-13(9-16(2)5-6-21-13)12(20)17-3-4-18-10(7-17)14-15-11(18)8-19/h19H,3-9H2,1-2H3/t13-/m0/s1. The summed E-state index contributed by atoms with van der Waals surface area (Å²) in [6.07, 6.45) is 0. The number of carbonyl (C=O) groups is 1. The number of hydrogen-bond acceptors (Lipinski definition) is 6. The van der Waals surface area contributed by atoms with Gasteiger partial charge in [-0.2, -0.15) is 0 Å². The summed E-state index contributed by atoms with van der Waals surface area (Å²) in [7, 11) is 1.99. The molecule has 1 aromatic rings. The van der Waals surface area contributed by atoms with Crippen LogP contribution in [-0.4, -0.2) is 74.5 Å². The van der Waals surface area contributed by atoms with Crippen molar-refractivity contribution in [2.45, 2.75) is 32.2 Å². The van der Waals surface area contributed by atoms with Crippen LogP contribution in [0.3, 0.4) is 0 Å². The highest BCUT2D eigenvalue weighted by molar-refractivity contribution is 5.85. The minimum Gasteiger partial charge on any atom is -0.388 e. The molecule has 0 radical (unpaired) electrons. The molecule has 1 aromatic heterocycles. The fourth-order valence-electron chi connectivity index (χ4n) is 3.04. The lowest BCUT2D eigenvalue weighted by Crippen LogP contribution is -2.59. The highest BCUT2D eigenvalue weighted by Crippen LogP contribution is 2.22. The van der Waals surface area contributed by atoms with Gasteiger partial charge in [0.15, 0.2) is 17.2 Å². The Morgan fingerprint density at radius 2 is 2.19 bits per heavy atom. The minimum absolute atomic E-state index is 0.00570. The van der Waals surface area contributed by atoms with E-state index in [1.165, 1.54) is 0 Å². The molecule has 3 heterocycles. The number of amides is 1. The molecule has 21 heavy (non-hydrogen) atoms. The second kappa shape index (κ2) is 5.36. The number of carbonyl (C=O) groups excluding carboxylic acids is 1. The number of ether oxygens (including phenoxy) is 1. The molecule has 1 N–H and O–H groups in total. The third-order valence-electron chi connectivity index (χ3n) is 4.18. The second-order valence-electron chi connectivity index (χ2n) is 5.89. The van der Waals surface area contributed by atoms with Crippen LogP contribution in [0.2, 0.25) is 0 Å². The molecule has 1 saturated heterocycles. The summed E-state index contributed by atoms with van der Waals surface area (Å²) in [5.74, 6) is 1.26. The van der Waals surface area contributed by atoms with Crippen LogP contribution in [0.15, 0.2) is 0 Å². The first-order chi connectivity index (χ1) is 10.0. The first-order valence-corrected chi connectivity index (χ1v) is 7.17. The average molecular weight is 295 g/mol. The van der Waals surface area contributed by atoms with Gasteiger partial charge in [0.2, 0.25) is 0 Å². The Labute approximate surface area is 123 Å². The molecule has 2 aliphatic heterocycles. The third-order valence-corrected chi connectivity index (χ3v) is 4.18. The van der Waals surface area contributed by atoms with E-state index in [4.69, 9.17) is 4.74 Å². The Hall–Kier alpha value is -1.51. The number of rotatable bonds is 2. The van der Waals surface area contributed by atoms with Gasteiger partial charge in [0.05, 0.1) is 13.2 Å². The zero-order chi connectivity index (χ0) is 15.0. The number of morpholine rings is 1. The smallest absolute Gasteiger partial charge is 0.256 e. The summed E-state index contributed by atoms with van der Waals surface area (Å²) >= 11 is 0. The van der Waals surface area contributed by atoms with Gasteiger partial charge in [0, 0.05) is 26.2 Å². The first kappa shape index (κ1) is 14.4. The van der Waals surface area contributed by atoms with E-state index in [9.17, 15) is 9.90 Å². The van der Waals surface area contributed by atoms with Gasteiger partial charge >= 0.3 is 0 Å². The summed E-state index contributed by atoms with van der Waals surface area (Å²) < 4.78 is 7.62. The van der Waals surface area contributed by atoms with Crippen molar-refractivity contribution < 1.29 is 14.6 Å². The van der Waals surface area contributed by atoms with Crippen LogP contribution in [0.4, 0.5) is 0 Å². The van der Waals surface area contributed by atoms with E-state index >= 15 is 0 Å². The van der Waals surface area contributed by atoms with E-state index in [1.54, 1.807) is 4.90 Å². The number of aliphatic hydroxyl groups excluding tert-OH is 1. The van der Waals surface area contributed by atoms with E-state index in [-0.39, 0.29) is 12.5 Å². The zero-order valence-corrected chi connectivity index (χ0v) is 12.4. The number of likely N-dealkylation sites (N-methyl/N-ethyl adjacent to an activating group) is 1. The molecule has 0 bridgehead atoms. The van der Waals surface area contributed by atoms with Crippen molar-refractivity contribution in [2.75, 3.05) is 33.3 Å². The fraction of sp³-hybridized carbons (Fsp3) is 0.769. The van der Waals surface area contributed by atoms with Crippen molar-refractivity contribution in [3.8, 4) is 0 Å². The maximum atomic E-state index is 12.8. The van der Waals surface area contributed by atoms with E-state index in [0.29, 0.717) is 44.4 Å². The summed E-state index contributed by atoms with van der Waals surface area (Å²) in [5, 5.41) is 17.2. The summed E-state index contributed by atoms with van der Waals surface area (Å²) in [4.78, 5) is 16.7. The molecule has 0 spiro atoms. The topological polar surface area (TPSA) is 83.7 Å².